The third-order valence-electron chi connectivity index (χ3n) is 6.01. The number of carbonyl (C=O) groups excluding carboxylic acids is 1. The van der Waals surface area contributed by atoms with Gasteiger partial charge in [-0.3, -0.25) is 4.79 Å². The van der Waals surface area contributed by atoms with Crippen LogP contribution < -0.4 is 0 Å². The standard InChI is InChI=1S/C28H29FN2O5S/c1-21-10-15-25(36-21)19-30(18-22-11-13-24(29)14-12-22)28(32)20-31(16-17-35-2)37(33,34)27-9-5-7-23-6-3-4-8-26(23)27/h3-15H,16-20H2,1-2H3. The maximum atomic E-state index is 13.8. The molecule has 0 aliphatic rings. The number of amides is 1. The summed E-state index contributed by atoms with van der Waals surface area (Å²) in [6, 6.07) is 21.7. The molecular weight excluding hydrogens is 495 g/mol. The van der Waals surface area contributed by atoms with Crippen molar-refractivity contribution < 1.29 is 26.8 Å². The molecular formula is C28H29FN2O5S. The highest BCUT2D eigenvalue weighted by molar-refractivity contribution is 7.89. The van der Waals surface area contributed by atoms with E-state index < -0.39 is 22.5 Å². The van der Waals surface area contributed by atoms with Gasteiger partial charge in [0.1, 0.15) is 17.3 Å². The lowest BCUT2D eigenvalue weighted by Crippen LogP contribution is -2.43. The van der Waals surface area contributed by atoms with Crippen molar-refractivity contribution in [2.24, 2.45) is 0 Å². The second-order valence-corrected chi connectivity index (χ2v) is 10.6. The first-order valence-corrected chi connectivity index (χ1v) is 13.3. The molecule has 37 heavy (non-hydrogen) atoms. The summed E-state index contributed by atoms with van der Waals surface area (Å²) in [5.74, 6) is 0.464. The molecule has 0 N–H and O–H groups in total. The van der Waals surface area contributed by atoms with Crippen molar-refractivity contribution in [1.29, 1.82) is 0 Å². The van der Waals surface area contributed by atoms with Crippen LogP contribution in [0, 0.1) is 12.7 Å². The third kappa shape index (κ3) is 6.43. The van der Waals surface area contributed by atoms with E-state index in [4.69, 9.17) is 9.15 Å². The van der Waals surface area contributed by atoms with Gasteiger partial charge < -0.3 is 14.1 Å². The molecule has 194 valence electrons. The molecule has 4 aromatic rings. The molecule has 9 heteroatoms. The van der Waals surface area contributed by atoms with Crippen molar-refractivity contribution in [2.45, 2.75) is 24.9 Å². The molecule has 1 heterocycles. The van der Waals surface area contributed by atoms with Gasteiger partial charge in [0.15, 0.2) is 0 Å². The molecule has 0 saturated carbocycles. The Balaban J connectivity index is 1.65. The van der Waals surface area contributed by atoms with E-state index in [1.165, 1.54) is 24.1 Å². The van der Waals surface area contributed by atoms with Crippen LogP contribution >= 0.6 is 0 Å². The zero-order chi connectivity index (χ0) is 26.4. The second kappa shape index (κ2) is 11.7. The van der Waals surface area contributed by atoms with Crippen LogP contribution in [0.1, 0.15) is 17.1 Å². The largest absolute Gasteiger partial charge is 0.464 e. The fourth-order valence-corrected chi connectivity index (χ4v) is 5.68. The van der Waals surface area contributed by atoms with Gasteiger partial charge in [-0.1, -0.05) is 48.5 Å². The number of benzene rings is 3. The first-order valence-electron chi connectivity index (χ1n) is 11.8. The van der Waals surface area contributed by atoms with Gasteiger partial charge in [0.25, 0.3) is 0 Å². The molecule has 4 rings (SSSR count). The van der Waals surface area contributed by atoms with E-state index in [0.717, 1.165) is 9.69 Å². The SMILES string of the molecule is COCCN(CC(=O)N(Cc1ccc(F)cc1)Cc1ccc(C)o1)S(=O)(=O)c1cccc2ccccc12. The van der Waals surface area contributed by atoms with E-state index in [1.54, 1.807) is 55.5 Å². The van der Waals surface area contributed by atoms with Crippen LogP contribution in [0.5, 0.6) is 0 Å². The van der Waals surface area contributed by atoms with Crippen molar-refractivity contribution in [3.63, 3.8) is 0 Å². The number of halogens is 1. The molecule has 0 saturated heterocycles. The van der Waals surface area contributed by atoms with Gasteiger partial charge >= 0.3 is 0 Å². The molecule has 3 aromatic carbocycles. The van der Waals surface area contributed by atoms with Crippen LogP contribution in [-0.2, 0) is 32.6 Å². The van der Waals surface area contributed by atoms with Gasteiger partial charge in [-0.05, 0) is 48.2 Å². The normalized spacial score (nSPS) is 11.8. The third-order valence-corrected chi connectivity index (χ3v) is 7.91. The van der Waals surface area contributed by atoms with Crippen molar-refractivity contribution in [3.05, 3.63) is 102 Å². The summed E-state index contributed by atoms with van der Waals surface area (Å²) in [5.41, 5.74) is 0.707. The molecule has 1 aromatic heterocycles. The number of fused-ring (bicyclic) bond motifs is 1. The molecule has 0 bridgehead atoms. The maximum absolute atomic E-state index is 13.8. The number of nitrogens with zero attached hydrogens (tertiary/aromatic N) is 2. The van der Waals surface area contributed by atoms with Crippen LogP contribution in [0.15, 0.2) is 88.2 Å². The van der Waals surface area contributed by atoms with E-state index in [0.29, 0.717) is 22.5 Å². The first kappa shape index (κ1) is 26.5. The summed E-state index contributed by atoms with van der Waals surface area (Å²) in [7, 11) is -2.57. The Morgan fingerprint density at radius 3 is 2.38 bits per heavy atom. The summed E-state index contributed by atoms with van der Waals surface area (Å²) < 4.78 is 53.0. The molecule has 7 nitrogen and oxygen atoms in total. The smallest absolute Gasteiger partial charge is 0.244 e. The topological polar surface area (TPSA) is 80.1 Å². The number of rotatable bonds is 11. The van der Waals surface area contributed by atoms with E-state index >= 15 is 0 Å². The number of carbonyl (C=O) groups is 1. The minimum atomic E-state index is -4.04. The van der Waals surface area contributed by atoms with Crippen LogP contribution in [0.4, 0.5) is 4.39 Å². The molecule has 0 radical (unpaired) electrons. The van der Waals surface area contributed by atoms with Crippen molar-refractivity contribution in [2.75, 3.05) is 26.8 Å². The second-order valence-electron chi connectivity index (χ2n) is 8.70. The van der Waals surface area contributed by atoms with Gasteiger partial charge in [0.05, 0.1) is 24.6 Å². The lowest BCUT2D eigenvalue weighted by atomic mass is 10.1. The lowest BCUT2D eigenvalue weighted by molar-refractivity contribution is -0.133. The van der Waals surface area contributed by atoms with Crippen LogP contribution in [0.3, 0.4) is 0 Å². The van der Waals surface area contributed by atoms with Gasteiger partial charge in [-0.25, -0.2) is 12.8 Å². The molecule has 0 aliphatic carbocycles. The van der Waals surface area contributed by atoms with Gasteiger partial charge in [-0.15, -0.1) is 0 Å². The Labute approximate surface area is 216 Å². The van der Waals surface area contributed by atoms with Gasteiger partial charge in [0.2, 0.25) is 15.9 Å². The first-order chi connectivity index (χ1) is 17.8. The monoisotopic (exact) mass is 524 g/mol. The Morgan fingerprint density at radius 2 is 1.68 bits per heavy atom. The summed E-state index contributed by atoms with van der Waals surface area (Å²) in [6.45, 7) is 1.82. The number of sulfonamides is 1. The number of hydrogen-bond donors (Lipinski definition) is 0. The van der Waals surface area contributed by atoms with E-state index in [1.807, 2.05) is 18.2 Å². The molecule has 0 atom stereocenters. The summed E-state index contributed by atoms with van der Waals surface area (Å²) in [5, 5.41) is 1.36. The van der Waals surface area contributed by atoms with Crippen molar-refractivity contribution in [1.82, 2.24) is 9.21 Å². The Hall–Kier alpha value is -3.53. The lowest BCUT2D eigenvalue weighted by Gasteiger charge is -2.27. The Bertz CT molecular complexity index is 1460. The summed E-state index contributed by atoms with van der Waals surface area (Å²) in [6.07, 6.45) is 0. The molecule has 0 unspecified atom stereocenters. The molecule has 0 aliphatic heterocycles. The van der Waals surface area contributed by atoms with E-state index in [9.17, 15) is 17.6 Å². The number of ether oxygens (including phenoxy) is 1. The minimum Gasteiger partial charge on any atom is -0.464 e. The van der Waals surface area contributed by atoms with Crippen LogP contribution in [-0.4, -0.2) is 50.3 Å². The van der Waals surface area contributed by atoms with Crippen LogP contribution in [0.25, 0.3) is 10.8 Å². The highest BCUT2D eigenvalue weighted by Crippen LogP contribution is 2.26. The maximum Gasteiger partial charge on any atom is 0.244 e. The number of furan rings is 1. The number of hydrogen-bond acceptors (Lipinski definition) is 5. The zero-order valence-corrected chi connectivity index (χ0v) is 21.6. The highest BCUT2D eigenvalue weighted by Gasteiger charge is 2.30. The van der Waals surface area contributed by atoms with Crippen molar-refractivity contribution >= 4 is 26.7 Å². The number of methoxy groups -OCH3 is 1. The molecule has 0 fully saturated rings. The fraction of sp³-hybridized carbons (Fsp3) is 0.250. The van der Waals surface area contributed by atoms with Gasteiger partial charge in [-0.2, -0.15) is 4.31 Å². The van der Waals surface area contributed by atoms with Crippen LogP contribution in [0.2, 0.25) is 0 Å². The average molecular weight is 525 g/mol. The summed E-state index contributed by atoms with van der Waals surface area (Å²) >= 11 is 0. The van der Waals surface area contributed by atoms with E-state index in [-0.39, 0.29) is 37.0 Å². The minimum absolute atomic E-state index is 0.00194. The van der Waals surface area contributed by atoms with E-state index in [2.05, 4.69) is 0 Å². The number of aryl methyl sites for hydroxylation is 1. The Kier molecular flexibility index (Phi) is 8.38. The molecule has 1 amide bonds. The average Bonchev–Trinajstić information content (AvgIpc) is 3.31. The molecule has 0 spiro atoms. The zero-order valence-electron chi connectivity index (χ0n) is 20.8. The predicted octanol–water partition coefficient (Wildman–Crippen LogP) is 4.75. The van der Waals surface area contributed by atoms with Crippen molar-refractivity contribution in [3.8, 4) is 0 Å². The predicted molar refractivity (Wildman–Crippen MR) is 139 cm³/mol. The Morgan fingerprint density at radius 1 is 0.946 bits per heavy atom. The highest BCUT2D eigenvalue weighted by atomic mass is 32.2. The summed E-state index contributed by atoms with van der Waals surface area (Å²) in [4.78, 5) is 15.2. The quantitative estimate of drug-likeness (QED) is 0.283. The van der Waals surface area contributed by atoms with Gasteiger partial charge in [0, 0.05) is 25.6 Å². The fourth-order valence-electron chi connectivity index (χ4n) is 4.09.